The highest BCUT2D eigenvalue weighted by molar-refractivity contribution is 6.12. The molecular weight excluding hydrogens is 400 g/mol. The summed E-state index contributed by atoms with van der Waals surface area (Å²) < 4.78 is 0. The molecule has 0 saturated carbocycles. The molecule has 0 atom stereocenters. The van der Waals surface area contributed by atoms with Crippen LogP contribution in [0.25, 0.3) is 0 Å². The highest BCUT2D eigenvalue weighted by Gasteiger charge is 2.23. The molecule has 0 unspecified atom stereocenters. The Kier molecular flexibility index (Phi) is 6.23. The number of aryl methyl sites for hydroxylation is 2. The molecule has 164 valence electrons. The zero-order chi connectivity index (χ0) is 22.7. The van der Waals surface area contributed by atoms with Crippen molar-refractivity contribution in [3.63, 3.8) is 0 Å². The van der Waals surface area contributed by atoms with E-state index in [9.17, 15) is 9.59 Å². The van der Waals surface area contributed by atoms with Gasteiger partial charge in [0.05, 0.1) is 11.4 Å². The van der Waals surface area contributed by atoms with Crippen molar-refractivity contribution in [2.45, 2.75) is 12.8 Å². The van der Waals surface area contributed by atoms with Crippen LogP contribution in [0.3, 0.4) is 0 Å². The first-order valence-corrected chi connectivity index (χ1v) is 10.8. The van der Waals surface area contributed by atoms with Crippen molar-refractivity contribution in [2.75, 3.05) is 38.2 Å². The maximum absolute atomic E-state index is 13.4. The van der Waals surface area contributed by atoms with Crippen LogP contribution in [0.15, 0.2) is 60.7 Å². The summed E-state index contributed by atoms with van der Waals surface area (Å²) in [4.78, 5) is 27.9. The van der Waals surface area contributed by atoms with Crippen molar-refractivity contribution in [3.05, 3.63) is 88.5 Å². The number of para-hydroxylation sites is 2. The van der Waals surface area contributed by atoms with E-state index >= 15 is 0 Å². The summed E-state index contributed by atoms with van der Waals surface area (Å²) in [5.74, 6) is -0.201. The normalized spacial score (nSPS) is 12.7. The number of carbonyl (C=O) groups excluding carboxylic acids is 2. The Hall–Kier alpha value is -3.64. The van der Waals surface area contributed by atoms with Crippen LogP contribution < -0.4 is 16.4 Å². The number of nitrogens with zero attached hydrogens (tertiary/aromatic N) is 1. The van der Waals surface area contributed by atoms with E-state index in [2.05, 4.69) is 10.6 Å². The molecule has 0 radical (unpaired) electrons. The first-order valence-electron chi connectivity index (χ1n) is 10.8. The van der Waals surface area contributed by atoms with Crippen molar-refractivity contribution >= 4 is 28.8 Å². The zero-order valence-electron chi connectivity index (χ0n) is 18.4. The number of hydrogen-bond donors (Lipinski definition) is 3. The molecule has 0 heterocycles. The molecule has 32 heavy (non-hydrogen) atoms. The SMILES string of the molecule is CN(C)CCNC(=O)c1ccc2c(c1)C(=O)c1ccc(Nc3ccccc3N)cc1CC2. The topological polar surface area (TPSA) is 87.5 Å². The Morgan fingerprint density at radius 2 is 1.75 bits per heavy atom. The van der Waals surface area contributed by atoms with Crippen molar-refractivity contribution in [3.8, 4) is 0 Å². The van der Waals surface area contributed by atoms with Crippen LogP contribution in [0.1, 0.15) is 37.4 Å². The number of fused-ring (bicyclic) bond motifs is 2. The summed E-state index contributed by atoms with van der Waals surface area (Å²) in [5, 5.41) is 6.25. The van der Waals surface area contributed by atoms with Gasteiger partial charge in [0.2, 0.25) is 0 Å². The Labute approximate surface area is 188 Å². The third-order valence-electron chi connectivity index (χ3n) is 5.71. The molecule has 1 aliphatic carbocycles. The highest BCUT2D eigenvalue weighted by Crippen LogP contribution is 2.29. The van der Waals surface area contributed by atoms with Crippen LogP contribution in [0, 0.1) is 0 Å². The molecule has 6 heteroatoms. The number of ketones is 1. The lowest BCUT2D eigenvalue weighted by Crippen LogP contribution is -2.31. The molecule has 0 fully saturated rings. The number of anilines is 3. The smallest absolute Gasteiger partial charge is 0.251 e. The van der Waals surface area contributed by atoms with Gasteiger partial charge in [-0.2, -0.15) is 0 Å². The van der Waals surface area contributed by atoms with E-state index in [1.165, 1.54) is 0 Å². The third-order valence-corrected chi connectivity index (χ3v) is 5.71. The van der Waals surface area contributed by atoms with E-state index < -0.39 is 0 Å². The van der Waals surface area contributed by atoms with Crippen LogP contribution in [-0.2, 0) is 12.8 Å². The van der Waals surface area contributed by atoms with Crippen LogP contribution in [-0.4, -0.2) is 43.8 Å². The molecule has 3 aromatic rings. The van der Waals surface area contributed by atoms with Gasteiger partial charge in [0, 0.05) is 35.5 Å². The summed E-state index contributed by atoms with van der Waals surface area (Å²) in [7, 11) is 3.92. The number of carbonyl (C=O) groups is 2. The monoisotopic (exact) mass is 428 g/mol. The van der Waals surface area contributed by atoms with Crippen molar-refractivity contribution in [1.29, 1.82) is 0 Å². The van der Waals surface area contributed by atoms with Crippen LogP contribution in [0.5, 0.6) is 0 Å². The summed E-state index contributed by atoms with van der Waals surface area (Å²) in [5.41, 5.74) is 12.2. The summed E-state index contributed by atoms with van der Waals surface area (Å²) >= 11 is 0. The second-order valence-corrected chi connectivity index (χ2v) is 8.34. The lowest BCUT2D eigenvalue weighted by atomic mass is 9.96. The average Bonchev–Trinajstić information content (AvgIpc) is 2.91. The van der Waals surface area contributed by atoms with E-state index in [4.69, 9.17) is 5.73 Å². The van der Waals surface area contributed by atoms with E-state index in [1.54, 1.807) is 12.1 Å². The van der Waals surface area contributed by atoms with Gasteiger partial charge in [0.25, 0.3) is 5.91 Å². The molecule has 6 nitrogen and oxygen atoms in total. The van der Waals surface area contributed by atoms with Crippen LogP contribution in [0.2, 0.25) is 0 Å². The van der Waals surface area contributed by atoms with Gasteiger partial charge in [0.15, 0.2) is 5.78 Å². The van der Waals surface area contributed by atoms with Gasteiger partial charge in [0.1, 0.15) is 0 Å². The van der Waals surface area contributed by atoms with Gasteiger partial charge >= 0.3 is 0 Å². The van der Waals surface area contributed by atoms with E-state index in [0.717, 1.165) is 41.9 Å². The number of hydrogen-bond acceptors (Lipinski definition) is 5. The summed E-state index contributed by atoms with van der Waals surface area (Å²) in [6.45, 7) is 1.31. The minimum Gasteiger partial charge on any atom is -0.397 e. The lowest BCUT2D eigenvalue weighted by molar-refractivity contribution is 0.0951. The Balaban J connectivity index is 1.57. The molecule has 0 bridgehead atoms. The van der Waals surface area contributed by atoms with Crippen LogP contribution in [0.4, 0.5) is 17.1 Å². The number of nitrogens with one attached hydrogen (secondary N) is 2. The number of amides is 1. The Bertz CT molecular complexity index is 1170. The van der Waals surface area contributed by atoms with Crippen molar-refractivity contribution < 1.29 is 9.59 Å². The van der Waals surface area contributed by atoms with E-state index in [0.29, 0.717) is 28.9 Å². The van der Waals surface area contributed by atoms with Gasteiger partial charge in [-0.25, -0.2) is 0 Å². The fraction of sp³-hybridized carbons (Fsp3) is 0.231. The van der Waals surface area contributed by atoms with Gasteiger partial charge < -0.3 is 21.3 Å². The quantitative estimate of drug-likeness (QED) is 0.522. The van der Waals surface area contributed by atoms with Crippen LogP contribution >= 0.6 is 0 Å². The molecule has 3 aromatic carbocycles. The fourth-order valence-corrected chi connectivity index (χ4v) is 3.92. The largest absolute Gasteiger partial charge is 0.397 e. The average molecular weight is 429 g/mol. The molecule has 1 aliphatic rings. The maximum atomic E-state index is 13.4. The molecule has 0 saturated heterocycles. The predicted molar refractivity (Wildman–Crippen MR) is 129 cm³/mol. The van der Waals surface area contributed by atoms with Gasteiger partial charge in [-0.05, 0) is 80.5 Å². The summed E-state index contributed by atoms with van der Waals surface area (Å²) in [6, 6.07) is 18.8. The second-order valence-electron chi connectivity index (χ2n) is 8.34. The number of benzene rings is 3. The first-order chi connectivity index (χ1) is 15.4. The minimum atomic E-state index is -0.160. The minimum absolute atomic E-state index is 0.0405. The van der Waals surface area contributed by atoms with E-state index in [-0.39, 0.29) is 11.7 Å². The fourth-order valence-electron chi connectivity index (χ4n) is 3.92. The van der Waals surface area contributed by atoms with Crippen molar-refractivity contribution in [1.82, 2.24) is 10.2 Å². The predicted octanol–water partition coefficient (Wildman–Crippen LogP) is 3.63. The van der Waals surface area contributed by atoms with Crippen molar-refractivity contribution in [2.24, 2.45) is 0 Å². The molecule has 4 N–H and O–H groups in total. The Morgan fingerprint density at radius 3 is 2.53 bits per heavy atom. The maximum Gasteiger partial charge on any atom is 0.251 e. The van der Waals surface area contributed by atoms with E-state index in [1.807, 2.05) is 67.5 Å². The summed E-state index contributed by atoms with van der Waals surface area (Å²) in [6.07, 6.45) is 1.50. The molecular formula is C26H28N4O2. The number of nitrogens with two attached hydrogens (primary N) is 1. The zero-order valence-corrected chi connectivity index (χ0v) is 18.4. The number of nitrogen functional groups attached to an aromatic ring is 1. The molecule has 1 amide bonds. The van der Waals surface area contributed by atoms with Gasteiger partial charge in [-0.3, -0.25) is 9.59 Å². The number of rotatable bonds is 6. The molecule has 0 aliphatic heterocycles. The lowest BCUT2D eigenvalue weighted by Gasteiger charge is -2.12. The van der Waals surface area contributed by atoms with Gasteiger partial charge in [-0.15, -0.1) is 0 Å². The molecule has 0 spiro atoms. The Morgan fingerprint density at radius 1 is 0.969 bits per heavy atom. The second kappa shape index (κ2) is 9.24. The molecule has 0 aromatic heterocycles. The third kappa shape index (κ3) is 4.65. The standard InChI is InChI=1S/C26H28N4O2/c1-30(2)14-13-28-26(32)19-10-8-17-7-9-18-15-20(29-24-6-4-3-5-23(24)27)11-12-21(18)25(31)22(17)16-19/h3-6,8,10-12,15-16,29H,7,9,13-14,27H2,1-2H3,(H,28,32). The number of likely N-dealkylation sites (N-methyl/N-ethyl adjacent to an activating group) is 1. The van der Waals surface area contributed by atoms with Gasteiger partial charge in [-0.1, -0.05) is 18.2 Å². The first kappa shape index (κ1) is 21.6. The molecule has 4 rings (SSSR count). The highest BCUT2D eigenvalue weighted by atomic mass is 16.1.